The molecule has 78 valence electrons. The van der Waals surface area contributed by atoms with Gasteiger partial charge in [0.2, 0.25) is 0 Å². The summed E-state index contributed by atoms with van der Waals surface area (Å²) >= 11 is 4.27. The molecular weight excluding hydrogens is 194 g/mol. The quantitative estimate of drug-likeness (QED) is 0.535. The smallest absolute Gasteiger partial charge is 0.0874 e. The van der Waals surface area contributed by atoms with Crippen molar-refractivity contribution in [3.05, 3.63) is 0 Å². The average molecular weight is 211 g/mol. The number of thiol groups is 1. The molecule has 1 unspecified atom stereocenters. The van der Waals surface area contributed by atoms with Crippen molar-refractivity contribution >= 4 is 12.6 Å². The van der Waals surface area contributed by atoms with Crippen molar-refractivity contribution in [1.29, 1.82) is 10.5 Å². The monoisotopic (exact) mass is 211 g/mol. The summed E-state index contributed by atoms with van der Waals surface area (Å²) in [5, 5.41) is 17.1. The van der Waals surface area contributed by atoms with Gasteiger partial charge >= 0.3 is 0 Å². The minimum absolute atomic E-state index is 0.324. The normalized spacial score (nSPS) is 12.5. The lowest BCUT2D eigenvalue weighted by atomic mass is 9.97. The SMILES string of the molecule is CC(C)C(CS)CN(CC#N)CC#N. The summed E-state index contributed by atoms with van der Waals surface area (Å²) in [5.74, 6) is 1.78. The number of hydrogen-bond donors (Lipinski definition) is 1. The van der Waals surface area contributed by atoms with E-state index in [1.807, 2.05) is 4.90 Å². The first-order chi connectivity index (χ1) is 6.65. The minimum atomic E-state index is 0.324. The topological polar surface area (TPSA) is 50.8 Å². The van der Waals surface area contributed by atoms with Crippen LogP contribution in [0.3, 0.4) is 0 Å². The average Bonchev–Trinajstić information content (AvgIpc) is 2.14. The summed E-state index contributed by atoms with van der Waals surface area (Å²) in [4.78, 5) is 1.86. The van der Waals surface area contributed by atoms with E-state index < -0.39 is 0 Å². The zero-order chi connectivity index (χ0) is 11.0. The third-order valence-corrected chi connectivity index (χ3v) is 2.73. The first kappa shape index (κ1) is 13.3. The van der Waals surface area contributed by atoms with Crippen molar-refractivity contribution in [3.63, 3.8) is 0 Å². The molecule has 0 saturated heterocycles. The van der Waals surface area contributed by atoms with Crippen molar-refractivity contribution < 1.29 is 0 Å². The zero-order valence-electron chi connectivity index (χ0n) is 8.77. The molecule has 0 rings (SSSR count). The molecule has 0 radical (unpaired) electrons. The Balaban J connectivity index is 4.13. The standard InChI is InChI=1S/C10H17N3S/c1-9(2)10(8-14)7-13(5-3-11)6-4-12/h9-10,14H,5-8H2,1-2H3. The fraction of sp³-hybridized carbons (Fsp3) is 0.800. The Morgan fingerprint density at radius 2 is 1.71 bits per heavy atom. The van der Waals surface area contributed by atoms with Crippen molar-refractivity contribution in [1.82, 2.24) is 4.90 Å². The molecule has 0 aliphatic heterocycles. The Hall–Kier alpha value is -0.710. The van der Waals surface area contributed by atoms with E-state index in [4.69, 9.17) is 10.5 Å². The van der Waals surface area contributed by atoms with Crippen LogP contribution in [0.2, 0.25) is 0 Å². The highest BCUT2D eigenvalue weighted by Crippen LogP contribution is 2.13. The lowest BCUT2D eigenvalue weighted by Gasteiger charge is -2.24. The molecule has 0 amide bonds. The van der Waals surface area contributed by atoms with Crippen LogP contribution in [0.1, 0.15) is 13.8 Å². The zero-order valence-corrected chi connectivity index (χ0v) is 9.67. The van der Waals surface area contributed by atoms with E-state index >= 15 is 0 Å². The van der Waals surface area contributed by atoms with E-state index in [0.29, 0.717) is 24.9 Å². The number of nitriles is 2. The van der Waals surface area contributed by atoms with Gasteiger partial charge in [0.25, 0.3) is 0 Å². The first-order valence-corrected chi connectivity index (χ1v) is 5.36. The van der Waals surface area contributed by atoms with Crippen LogP contribution >= 0.6 is 12.6 Å². The van der Waals surface area contributed by atoms with Gasteiger partial charge in [0, 0.05) is 6.54 Å². The minimum Gasteiger partial charge on any atom is -0.277 e. The van der Waals surface area contributed by atoms with Crippen LogP contribution in [0.4, 0.5) is 0 Å². The van der Waals surface area contributed by atoms with Gasteiger partial charge in [-0.3, -0.25) is 4.90 Å². The molecule has 1 atom stereocenters. The van der Waals surface area contributed by atoms with Gasteiger partial charge in [0.05, 0.1) is 25.2 Å². The van der Waals surface area contributed by atoms with Crippen LogP contribution in [0.25, 0.3) is 0 Å². The third-order valence-electron chi connectivity index (χ3n) is 2.26. The molecule has 0 spiro atoms. The Labute approximate surface area is 91.7 Å². The van der Waals surface area contributed by atoms with E-state index in [1.165, 1.54) is 0 Å². The van der Waals surface area contributed by atoms with Crippen molar-refractivity contribution in [2.75, 3.05) is 25.4 Å². The van der Waals surface area contributed by atoms with Crippen LogP contribution in [0.5, 0.6) is 0 Å². The number of nitrogens with zero attached hydrogens (tertiary/aromatic N) is 3. The van der Waals surface area contributed by atoms with Crippen LogP contribution in [0, 0.1) is 34.5 Å². The first-order valence-electron chi connectivity index (χ1n) is 4.72. The van der Waals surface area contributed by atoms with Gasteiger partial charge in [-0.1, -0.05) is 13.8 Å². The van der Waals surface area contributed by atoms with E-state index in [2.05, 4.69) is 38.6 Å². The Morgan fingerprint density at radius 3 is 2.00 bits per heavy atom. The molecule has 4 heteroatoms. The summed E-state index contributed by atoms with van der Waals surface area (Å²) < 4.78 is 0. The largest absolute Gasteiger partial charge is 0.277 e. The molecule has 0 fully saturated rings. The number of hydrogen-bond acceptors (Lipinski definition) is 4. The maximum absolute atomic E-state index is 8.57. The Kier molecular flexibility index (Phi) is 7.28. The summed E-state index contributed by atoms with van der Waals surface area (Å²) in [6.45, 7) is 5.70. The summed E-state index contributed by atoms with van der Waals surface area (Å²) in [6.07, 6.45) is 0. The summed E-state index contributed by atoms with van der Waals surface area (Å²) in [7, 11) is 0. The lowest BCUT2D eigenvalue weighted by Crippen LogP contribution is -2.33. The summed E-state index contributed by atoms with van der Waals surface area (Å²) in [5.41, 5.74) is 0. The van der Waals surface area contributed by atoms with Crippen LogP contribution < -0.4 is 0 Å². The highest BCUT2D eigenvalue weighted by atomic mass is 32.1. The second-order valence-corrected chi connectivity index (χ2v) is 4.04. The highest BCUT2D eigenvalue weighted by molar-refractivity contribution is 7.80. The van der Waals surface area contributed by atoms with Crippen LogP contribution in [-0.2, 0) is 0 Å². The Bertz CT molecular complexity index is 211. The fourth-order valence-corrected chi connectivity index (χ4v) is 1.73. The van der Waals surface area contributed by atoms with Gasteiger partial charge in [-0.25, -0.2) is 0 Å². The van der Waals surface area contributed by atoms with E-state index in [9.17, 15) is 0 Å². The fourth-order valence-electron chi connectivity index (χ4n) is 1.20. The van der Waals surface area contributed by atoms with Gasteiger partial charge in [0.1, 0.15) is 0 Å². The van der Waals surface area contributed by atoms with Crippen LogP contribution in [0.15, 0.2) is 0 Å². The molecular formula is C10H17N3S. The Morgan fingerprint density at radius 1 is 1.21 bits per heavy atom. The molecule has 0 aromatic rings. The molecule has 0 aliphatic carbocycles. The third kappa shape index (κ3) is 5.11. The van der Waals surface area contributed by atoms with Gasteiger partial charge in [-0.2, -0.15) is 23.2 Å². The lowest BCUT2D eigenvalue weighted by molar-refractivity contribution is 0.256. The maximum atomic E-state index is 8.57. The molecule has 0 heterocycles. The molecule has 0 N–H and O–H groups in total. The molecule has 0 bridgehead atoms. The van der Waals surface area contributed by atoms with Gasteiger partial charge in [-0.05, 0) is 17.6 Å². The van der Waals surface area contributed by atoms with E-state index in [1.54, 1.807) is 0 Å². The molecule has 14 heavy (non-hydrogen) atoms. The molecule has 3 nitrogen and oxygen atoms in total. The second-order valence-electron chi connectivity index (χ2n) is 3.67. The molecule has 0 aromatic heterocycles. The van der Waals surface area contributed by atoms with Crippen LogP contribution in [-0.4, -0.2) is 30.3 Å². The maximum Gasteiger partial charge on any atom is 0.0874 e. The predicted molar refractivity (Wildman–Crippen MR) is 59.8 cm³/mol. The van der Waals surface area contributed by atoms with Crippen molar-refractivity contribution in [2.24, 2.45) is 11.8 Å². The molecule has 0 saturated carbocycles. The molecule has 0 aliphatic rings. The van der Waals surface area contributed by atoms with Gasteiger partial charge in [-0.15, -0.1) is 0 Å². The van der Waals surface area contributed by atoms with E-state index in [0.717, 1.165) is 12.3 Å². The van der Waals surface area contributed by atoms with Gasteiger partial charge < -0.3 is 0 Å². The highest BCUT2D eigenvalue weighted by Gasteiger charge is 2.15. The van der Waals surface area contributed by atoms with Crippen molar-refractivity contribution in [2.45, 2.75) is 13.8 Å². The molecule has 0 aromatic carbocycles. The summed E-state index contributed by atoms with van der Waals surface area (Å²) in [6, 6.07) is 4.14. The number of rotatable bonds is 6. The second kappa shape index (κ2) is 7.67. The van der Waals surface area contributed by atoms with Gasteiger partial charge in [0.15, 0.2) is 0 Å². The van der Waals surface area contributed by atoms with E-state index in [-0.39, 0.29) is 0 Å². The predicted octanol–water partition coefficient (Wildman–Crippen LogP) is 1.54. The van der Waals surface area contributed by atoms with Crippen molar-refractivity contribution in [3.8, 4) is 12.1 Å².